The topological polar surface area (TPSA) is 23.5 Å². The first-order valence-electron chi connectivity index (χ1n) is 11.3. The van der Waals surface area contributed by atoms with Crippen molar-refractivity contribution in [1.82, 2.24) is 4.90 Å². The summed E-state index contributed by atoms with van der Waals surface area (Å²) in [7, 11) is 0. The highest BCUT2D eigenvalue weighted by Gasteiger charge is 2.38. The van der Waals surface area contributed by atoms with Crippen LogP contribution in [0, 0.1) is 5.92 Å². The summed E-state index contributed by atoms with van der Waals surface area (Å²) in [6.45, 7) is 3.67. The molecule has 0 saturated heterocycles. The van der Waals surface area contributed by atoms with Crippen LogP contribution in [0.5, 0.6) is 0 Å². The maximum absolute atomic E-state index is 13.1. The van der Waals surface area contributed by atoms with E-state index < -0.39 is 24.3 Å². The van der Waals surface area contributed by atoms with Gasteiger partial charge in [0.05, 0.1) is 17.7 Å². The third-order valence-corrected chi connectivity index (χ3v) is 6.49. The first kappa shape index (κ1) is 26.1. The van der Waals surface area contributed by atoms with Gasteiger partial charge in [0.25, 0.3) is 0 Å². The molecule has 0 aliphatic heterocycles. The fourth-order valence-corrected chi connectivity index (χ4v) is 4.93. The van der Waals surface area contributed by atoms with E-state index in [1.165, 1.54) is 12.1 Å². The second-order valence-corrected chi connectivity index (χ2v) is 9.06. The average molecular weight is 486 g/mol. The summed E-state index contributed by atoms with van der Waals surface area (Å²) in [6, 6.07) is 13.8. The van der Waals surface area contributed by atoms with E-state index in [-0.39, 0.29) is 30.2 Å². The number of hydrogen-bond acceptors (Lipinski definition) is 2. The Morgan fingerprint density at radius 3 is 2.15 bits per heavy atom. The van der Waals surface area contributed by atoms with Gasteiger partial charge in [-0.3, -0.25) is 4.90 Å². The Labute approximate surface area is 195 Å². The molecule has 186 valence electrons. The summed E-state index contributed by atoms with van der Waals surface area (Å²) < 4.78 is 78.6. The van der Waals surface area contributed by atoms with Crippen molar-refractivity contribution in [2.24, 2.45) is 5.92 Å². The molecule has 3 atom stereocenters. The number of nitrogens with zero attached hydrogens (tertiary/aromatic N) is 1. The number of aliphatic hydroxyl groups is 1. The van der Waals surface area contributed by atoms with Gasteiger partial charge < -0.3 is 5.11 Å². The summed E-state index contributed by atoms with van der Waals surface area (Å²) in [5, 5.41) is 9.68. The zero-order valence-electron chi connectivity index (χ0n) is 18.7. The van der Waals surface area contributed by atoms with Gasteiger partial charge in [-0.05, 0) is 54.4 Å². The minimum Gasteiger partial charge on any atom is -0.513 e. The minimum absolute atomic E-state index is 0.0350. The van der Waals surface area contributed by atoms with Gasteiger partial charge in [-0.25, -0.2) is 0 Å². The van der Waals surface area contributed by atoms with Crippen molar-refractivity contribution in [1.29, 1.82) is 0 Å². The molecule has 2 nitrogen and oxygen atoms in total. The van der Waals surface area contributed by atoms with Gasteiger partial charge >= 0.3 is 12.4 Å². The summed E-state index contributed by atoms with van der Waals surface area (Å²) in [5.74, 6) is -0.174. The van der Waals surface area contributed by atoms with Crippen LogP contribution in [0.4, 0.5) is 26.3 Å². The summed E-state index contributed by atoms with van der Waals surface area (Å²) >= 11 is 0. The largest absolute Gasteiger partial charge is 0.513 e. The Morgan fingerprint density at radius 1 is 0.941 bits per heavy atom. The van der Waals surface area contributed by atoms with E-state index in [1.807, 2.05) is 35.2 Å². The summed E-state index contributed by atoms with van der Waals surface area (Å²) in [6.07, 6.45) is -7.56. The molecule has 1 N–H and O–H groups in total. The van der Waals surface area contributed by atoms with Gasteiger partial charge in [0.15, 0.2) is 0 Å². The number of benzene rings is 2. The highest BCUT2D eigenvalue weighted by atomic mass is 19.4. The van der Waals surface area contributed by atoms with Gasteiger partial charge in [0.2, 0.25) is 0 Å². The molecular weight excluding hydrogens is 456 g/mol. The lowest BCUT2D eigenvalue weighted by Crippen LogP contribution is -2.44. The van der Waals surface area contributed by atoms with Gasteiger partial charge in [0, 0.05) is 25.6 Å². The van der Waals surface area contributed by atoms with Crippen LogP contribution in [0.1, 0.15) is 54.7 Å². The summed E-state index contributed by atoms with van der Waals surface area (Å²) in [5.41, 5.74) is 0.778. The molecule has 0 radical (unpaired) electrons. The lowest BCUT2D eigenvalue weighted by molar-refractivity contribution is -0.140. The highest BCUT2D eigenvalue weighted by Crippen LogP contribution is 2.42. The molecule has 2 aromatic carbocycles. The Hall–Kier alpha value is -2.48. The van der Waals surface area contributed by atoms with E-state index in [2.05, 4.69) is 6.58 Å². The first-order chi connectivity index (χ1) is 15.9. The molecule has 0 spiro atoms. The van der Waals surface area contributed by atoms with Crippen molar-refractivity contribution in [3.05, 3.63) is 83.6 Å². The quantitative estimate of drug-likeness (QED) is 0.304. The van der Waals surface area contributed by atoms with Gasteiger partial charge in [-0.15, -0.1) is 0 Å². The molecule has 0 amide bonds. The number of hydrogen-bond donors (Lipinski definition) is 1. The number of alkyl halides is 6. The standard InChI is InChI=1S/C26H29F6NO/c1-18(34)15-20-7-12-24(23(16-20)21-8-10-22(11-9-21)26(30,31)32)33(14-13-25(27,28)29)17-19-5-3-2-4-6-19/h2-6,8-11,20,23-24,34H,1,7,12-17H2/t20-,23-,24+/m0/s1. The molecule has 0 heterocycles. The Kier molecular flexibility index (Phi) is 8.34. The molecular formula is C26H29F6NO. The third kappa shape index (κ3) is 7.52. The molecule has 34 heavy (non-hydrogen) atoms. The zero-order chi connectivity index (χ0) is 24.9. The van der Waals surface area contributed by atoms with E-state index in [1.54, 1.807) is 0 Å². The predicted molar refractivity (Wildman–Crippen MR) is 119 cm³/mol. The van der Waals surface area contributed by atoms with Crippen LogP contribution in [-0.4, -0.2) is 28.8 Å². The Morgan fingerprint density at radius 2 is 1.59 bits per heavy atom. The SMILES string of the molecule is C=C(O)C[C@@H]1CC[C@@H](N(CCC(F)(F)F)Cc2ccccc2)[C@H](c2ccc(C(F)(F)F)cc2)C1. The van der Waals surface area contributed by atoms with Crippen LogP contribution in [0.15, 0.2) is 66.9 Å². The Bertz CT molecular complexity index is 923. The van der Waals surface area contributed by atoms with Gasteiger partial charge in [0.1, 0.15) is 0 Å². The van der Waals surface area contributed by atoms with Crippen LogP contribution in [0.2, 0.25) is 0 Å². The number of aliphatic hydroxyl groups excluding tert-OH is 1. The van der Waals surface area contributed by atoms with Crippen molar-refractivity contribution in [2.75, 3.05) is 6.54 Å². The van der Waals surface area contributed by atoms with Crippen molar-refractivity contribution in [3.8, 4) is 0 Å². The maximum atomic E-state index is 13.1. The monoisotopic (exact) mass is 485 g/mol. The maximum Gasteiger partial charge on any atom is 0.416 e. The van der Waals surface area contributed by atoms with Crippen molar-refractivity contribution in [2.45, 2.75) is 63.0 Å². The Balaban J connectivity index is 1.92. The molecule has 0 unspecified atom stereocenters. The van der Waals surface area contributed by atoms with Crippen molar-refractivity contribution >= 4 is 0 Å². The minimum atomic E-state index is -4.46. The molecule has 3 rings (SSSR count). The van der Waals surface area contributed by atoms with Gasteiger partial charge in [-0.2, -0.15) is 26.3 Å². The van der Waals surface area contributed by atoms with Crippen LogP contribution in [-0.2, 0) is 12.7 Å². The number of allylic oxidation sites excluding steroid dienone is 1. The zero-order valence-corrected chi connectivity index (χ0v) is 18.7. The molecule has 1 aliphatic carbocycles. The smallest absolute Gasteiger partial charge is 0.416 e. The number of rotatable bonds is 8. The van der Waals surface area contributed by atoms with Gasteiger partial charge in [-0.1, -0.05) is 49.0 Å². The lowest BCUT2D eigenvalue weighted by atomic mass is 9.72. The third-order valence-electron chi connectivity index (χ3n) is 6.49. The molecule has 0 aromatic heterocycles. The molecule has 1 aliphatic rings. The van der Waals surface area contributed by atoms with Crippen LogP contribution < -0.4 is 0 Å². The molecule has 8 heteroatoms. The normalized spacial score (nSPS) is 21.6. The molecule has 2 aromatic rings. The highest BCUT2D eigenvalue weighted by molar-refractivity contribution is 5.29. The van der Waals surface area contributed by atoms with E-state index in [9.17, 15) is 31.4 Å². The van der Waals surface area contributed by atoms with Crippen molar-refractivity contribution < 1.29 is 31.4 Å². The fourth-order valence-electron chi connectivity index (χ4n) is 4.93. The predicted octanol–water partition coefficient (Wildman–Crippen LogP) is 7.87. The molecule has 0 bridgehead atoms. The van der Waals surface area contributed by atoms with Crippen LogP contribution in [0.3, 0.4) is 0 Å². The van der Waals surface area contributed by atoms with E-state index in [4.69, 9.17) is 0 Å². The first-order valence-corrected chi connectivity index (χ1v) is 11.3. The molecule has 1 fully saturated rings. The van der Waals surface area contributed by atoms with E-state index in [0.29, 0.717) is 37.8 Å². The van der Waals surface area contributed by atoms with Crippen LogP contribution >= 0.6 is 0 Å². The molecule has 1 saturated carbocycles. The second kappa shape index (κ2) is 10.8. The number of halogens is 6. The lowest BCUT2D eigenvalue weighted by Gasteiger charge is -2.43. The van der Waals surface area contributed by atoms with E-state index in [0.717, 1.165) is 17.7 Å². The second-order valence-electron chi connectivity index (χ2n) is 9.06. The van der Waals surface area contributed by atoms with E-state index >= 15 is 0 Å². The van der Waals surface area contributed by atoms with Crippen molar-refractivity contribution in [3.63, 3.8) is 0 Å². The van der Waals surface area contributed by atoms with Crippen LogP contribution in [0.25, 0.3) is 0 Å². The fraction of sp³-hybridized carbons (Fsp3) is 0.462. The summed E-state index contributed by atoms with van der Waals surface area (Å²) in [4.78, 5) is 1.81. The average Bonchev–Trinajstić information content (AvgIpc) is 2.76.